The zero-order valence-electron chi connectivity index (χ0n) is 8.36. The minimum absolute atomic E-state index is 0.667. The van der Waals surface area contributed by atoms with E-state index in [2.05, 4.69) is 21.6 Å². The number of piperidine rings is 1. The van der Waals surface area contributed by atoms with Crippen molar-refractivity contribution in [1.82, 2.24) is 15.5 Å². The van der Waals surface area contributed by atoms with Gasteiger partial charge in [0.2, 0.25) is 0 Å². The molecule has 1 saturated heterocycles. The van der Waals surface area contributed by atoms with Gasteiger partial charge in [-0.1, -0.05) is 11.8 Å². The molecule has 0 saturated carbocycles. The number of aryl methyl sites for hydroxylation is 1. The fraction of sp³-hybridized carbons (Fsp3) is 0.600. The van der Waals surface area contributed by atoms with Crippen LogP contribution in [0, 0.1) is 6.92 Å². The molecule has 0 bridgehead atoms. The highest BCUT2D eigenvalue weighted by Crippen LogP contribution is 2.24. The smallest absolute Gasteiger partial charge is 0.119 e. The Balaban J connectivity index is 1.92. The molecule has 1 aliphatic heterocycles. The van der Waals surface area contributed by atoms with E-state index in [9.17, 15) is 0 Å². The molecule has 1 aliphatic rings. The summed E-state index contributed by atoms with van der Waals surface area (Å²) in [5.41, 5.74) is 0.983. The molecule has 1 aromatic rings. The lowest BCUT2D eigenvalue weighted by molar-refractivity contribution is 0.531. The van der Waals surface area contributed by atoms with Gasteiger partial charge in [0, 0.05) is 11.8 Å². The molecular weight excluding hydrogens is 194 g/mol. The second-order valence-electron chi connectivity index (χ2n) is 3.60. The SMILES string of the molecule is Cc1ccc(S[C@H]2CCCNC2)nn1. The number of hydrogen-bond acceptors (Lipinski definition) is 4. The molecule has 2 heterocycles. The van der Waals surface area contributed by atoms with Crippen LogP contribution in [-0.4, -0.2) is 28.5 Å². The molecule has 76 valence electrons. The predicted octanol–water partition coefficient (Wildman–Crippen LogP) is 1.63. The average molecular weight is 209 g/mol. The molecule has 1 N–H and O–H groups in total. The van der Waals surface area contributed by atoms with Crippen molar-refractivity contribution >= 4 is 11.8 Å². The molecule has 1 fully saturated rings. The fourth-order valence-corrected chi connectivity index (χ4v) is 2.60. The van der Waals surface area contributed by atoms with Gasteiger partial charge in [-0.3, -0.25) is 0 Å². The van der Waals surface area contributed by atoms with Crippen LogP contribution in [0.1, 0.15) is 18.5 Å². The van der Waals surface area contributed by atoms with Gasteiger partial charge in [0.1, 0.15) is 5.03 Å². The zero-order valence-corrected chi connectivity index (χ0v) is 9.18. The summed E-state index contributed by atoms with van der Waals surface area (Å²) in [6.45, 7) is 4.22. The number of nitrogens with zero attached hydrogens (tertiary/aromatic N) is 2. The van der Waals surface area contributed by atoms with E-state index in [1.165, 1.54) is 12.8 Å². The molecule has 0 unspecified atom stereocenters. The first-order chi connectivity index (χ1) is 6.84. The van der Waals surface area contributed by atoms with E-state index in [1.807, 2.05) is 24.8 Å². The summed E-state index contributed by atoms with van der Waals surface area (Å²) in [6.07, 6.45) is 2.56. The van der Waals surface area contributed by atoms with Gasteiger partial charge in [-0.2, -0.15) is 5.10 Å². The van der Waals surface area contributed by atoms with Gasteiger partial charge in [-0.15, -0.1) is 5.10 Å². The highest BCUT2D eigenvalue weighted by molar-refractivity contribution is 7.99. The molecular formula is C10H15N3S. The zero-order chi connectivity index (χ0) is 9.80. The van der Waals surface area contributed by atoms with Crippen molar-refractivity contribution in [2.24, 2.45) is 0 Å². The Kier molecular flexibility index (Phi) is 3.37. The van der Waals surface area contributed by atoms with Crippen LogP contribution in [0.25, 0.3) is 0 Å². The number of hydrogen-bond donors (Lipinski definition) is 1. The third-order valence-corrected chi connectivity index (χ3v) is 3.51. The first kappa shape index (κ1) is 9.93. The molecule has 3 nitrogen and oxygen atoms in total. The normalized spacial score (nSPS) is 22.2. The molecule has 0 aromatic carbocycles. The van der Waals surface area contributed by atoms with Crippen molar-refractivity contribution in [2.45, 2.75) is 30.0 Å². The Morgan fingerprint density at radius 3 is 3.00 bits per heavy atom. The van der Waals surface area contributed by atoms with E-state index in [0.717, 1.165) is 23.8 Å². The highest BCUT2D eigenvalue weighted by atomic mass is 32.2. The maximum absolute atomic E-state index is 4.16. The van der Waals surface area contributed by atoms with E-state index < -0.39 is 0 Å². The number of nitrogens with one attached hydrogen (secondary N) is 1. The summed E-state index contributed by atoms with van der Waals surface area (Å²) >= 11 is 1.84. The Labute approximate surface area is 88.7 Å². The van der Waals surface area contributed by atoms with Crippen molar-refractivity contribution in [3.8, 4) is 0 Å². The van der Waals surface area contributed by atoms with Gasteiger partial charge in [-0.05, 0) is 38.4 Å². The maximum Gasteiger partial charge on any atom is 0.119 e. The minimum Gasteiger partial charge on any atom is -0.316 e. The van der Waals surface area contributed by atoms with Gasteiger partial charge < -0.3 is 5.32 Å². The first-order valence-electron chi connectivity index (χ1n) is 5.02. The van der Waals surface area contributed by atoms with Crippen molar-refractivity contribution in [3.63, 3.8) is 0 Å². The summed E-state index contributed by atoms with van der Waals surface area (Å²) in [5, 5.41) is 13.3. The first-order valence-corrected chi connectivity index (χ1v) is 5.90. The van der Waals surface area contributed by atoms with Gasteiger partial charge in [0.15, 0.2) is 0 Å². The van der Waals surface area contributed by atoms with Crippen LogP contribution < -0.4 is 5.32 Å². The van der Waals surface area contributed by atoms with Crippen molar-refractivity contribution in [2.75, 3.05) is 13.1 Å². The average Bonchev–Trinajstić information content (AvgIpc) is 2.23. The van der Waals surface area contributed by atoms with E-state index in [4.69, 9.17) is 0 Å². The number of thioether (sulfide) groups is 1. The number of rotatable bonds is 2. The summed E-state index contributed by atoms with van der Waals surface area (Å²) in [4.78, 5) is 0. The van der Waals surface area contributed by atoms with Crippen LogP contribution in [0.15, 0.2) is 17.2 Å². The van der Waals surface area contributed by atoms with Gasteiger partial charge in [-0.25, -0.2) is 0 Å². The summed E-state index contributed by atoms with van der Waals surface area (Å²) in [5.74, 6) is 0. The minimum atomic E-state index is 0.667. The lowest BCUT2D eigenvalue weighted by Crippen LogP contribution is -2.31. The fourth-order valence-electron chi connectivity index (χ4n) is 1.54. The molecule has 2 rings (SSSR count). The third kappa shape index (κ3) is 2.69. The Bertz CT molecular complexity index is 280. The third-order valence-electron chi connectivity index (χ3n) is 2.31. The lowest BCUT2D eigenvalue weighted by Gasteiger charge is -2.21. The number of aromatic nitrogens is 2. The van der Waals surface area contributed by atoms with Gasteiger partial charge in [0.25, 0.3) is 0 Å². The van der Waals surface area contributed by atoms with Crippen molar-refractivity contribution < 1.29 is 0 Å². The standard InChI is InChI=1S/C10H15N3S/c1-8-4-5-10(13-12-8)14-9-3-2-6-11-7-9/h4-5,9,11H,2-3,6-7H2,1H3/t9-/m0/s1. The Hall–Kier alpha value is -0.610. The molecule has 0 radical (unpaired) electrons. The van der Waals surface area contributed by atoms with E-state index >= 15 is 0 Å². The highest BCUT2D eigenvalue weighted by Gasteiger charge is 2.14. The molecule has 14 heavy (non-hydrogen) atoms. The molecule has 0 amide bonds. The van der Waals surface area contributed by atoms with Crippen molar-refractivity contribution in [1.29, 1.82) is 0 Å². The summed E-state index contributed by atoms with van der Waals surface area (Å²) < 4.78 is 0. The Morgan fingerprint density at radius 2 is 2.36 bits per heavy atom. The molecule has 0 aliphatic carbocycles. The van der Waals surface area contributed by atoms with E-state index in [1.54, 1.807) is 0 Å². The van der Waals surface area contributed by atoms with Gasteiger partial charge in [0.05, 0.1) is 5.69 Å². The van der Waals surface area contributed by atoms with Crippen LogP contribution in [0.5, 0.6) is 0 Å². The maximum atomic E-state index is 4.16. The molecule has 4 heteroatoms. The van der Waals surface area contributed by atoms with Crippen LogP contribution in [0.2, 0.25) is 0 Å². The quantitative estimate of drug-likeness (QED) is 0.803. The summed E-state index contributed by atoms with van der Waals surface area (Å²) in [7, 11) is 0. The predicted molar refractivity (Wildman–Crippen MR) is 58.5 cm³/mol. The second kappa shape index (κ2) is 4.75. The Morgan fingerprint density at radius 1 is 1.43 bits per heavy atom. The van der Waals surface area contributed by atoms with Crippen LogP contribution in [0.3, 0.4) is 0 Å². The molecule has 1 atom stereocenters. The van der Waals surface area contributed by atoms with Crippen LogP contribution >= 0.6 is 11.8 Å². The molecule has 0 spiro atoms. The molecule has 1 aromatic heterocycles. The van der Waals surface area contributed by atoms with E-state index in [-0.39, 0.29) is 0 Å². The largest absolute Gasteiger partial charge is 0.316 e. The van der Waals surface area contributed by atoms with Crippen LogP contribution in [0.4, 0.5) is 0 Å². The van der Waals surface area contributed by atoms with Gasteiger partial charge >= 0.3 is 0 Å². The lowest BCUT2D eigenvalue weighted by atomic mass is 10.2. The topological polar surface area (TPSA) is 37.8 Å². The summed E-state index contributed by atoms with van der Waals surface area (Å²) in [6, 6.07) is 4.08. The van der Waals surface area contributed by atoms with Crippen LogP contribution in [-0.2, 0) is 0 Å². The second-order valence-corrected chi connectivity index (χ2v) is 4.92. The van der Waals surface area contributed by atoms with Crippen molar-refractivity contribution in [3.05, 3.63) is 17.8 Å². The monoisotopic (exact) mass is 209 g/mol. The van der Waals surface area contributed by atoms with E-state index in [0.29, 0.717) is 5.25 Å².